The number of aromatic nitrogens is 3. The minimum Gasteiger partial charge on any atom is -0.348 e. The van der Waals surface area contributed by atoms with Gasteiger partial charge in [-0.05, 0) is 38.2 Å². The standard InChI is InChI=1S/C15H20N4OS/c1-2-12(19-9-5-8-17-19)15(20)16-10-14-18-11-6-3-4-7-13(11)21-14/h5,8-9,12H,2-4,6-7,10H2,1H3,(H,16,20)/t12-/m0/s1. The van der Waals surface area contributed by atoms with Gasteiger partial charge in [0, 0.05) is 17.3 Å². The molecule has 2 heterocycles. The average molecular weight is 304 g/mol. The van der Waals surface area contributed by atoms with Gasteiger partial charge >= 0.3 is 0 Å². The van der Waals surface area contributed by atoms with Crippen molar-refractivity contribution in [2.75, 3.05) is 0 Å². The van der Waals surface area contributed by atoms with Crippen LogP contribution in [0.4, 0.5) is 0 Å². The Morgan fingerprint density at radius 2 is 2.33 bits per heavy atom. The molecular formula is C15H20N4OS. The maximum Gasteiger partial charge on any atom is 0.245 e. The van der Waals surface area contributed by atoms with Gasteiger partial charge in [0.2, 0.25) is 5.91 Å². The quantitative estimate of drug-likeness (QED) is 0.923. The largest absolute Gasteiger partial charge is 0.348 e. The van der Waals surface area contributed by atoms with Gasteiger partial charge in [0.15, 0.2) is 0 Å². The van der Waals surface area contributed by atoms with Gasteiger partial charge in [0.05, 0.1) is 12.2 Å². The third kappa shape index (κ3) is 3.15. The van der Waals surface area contributed by atoms with Gasteiger partial charge in [-0.15, -0.1) is 11.3 Å². The first-order chi connectivity index (χ1) is 10.3. The maximum absolute atomic E-state index is 12.3. The highest BCUT2D eigenvalue weighted by atomic mass is 32.1. The van der Waals surface area contributed by atoms with Crippen molar-refractivity contribution in [2.24, 2.45) is 0 Å². The third-order valence-electron chi connectivity index (χ3n) is 3.84. The fraction of sp³-hybridized carbons (Fsp3) is 0.533. The molecule has 1 aliphatic carbocycles. The molecule has 2 aromatic rings. The number of fused-ring (bicyclic) bond motifs is 1. The zero-order valence-electron chi connectivity index (χ0n) is 12.2. The van der Waals surface area contributed by atoms with E-state index in [1.54, 1.807) is 22.2 Å². The van der Waals surface area contributed by atoms with Crippen molar-refractivity contribution in [3.63, 3.8) is 0 Å². The van der Waals surface area contributed by atoms with Crippen LogP contribution in [0.5, 0.6) is 0 Å². The molecule has 0 saturated heterocycles. The van der Waals surface area contributed by atoms with Crippen LogP contribution in [0, 0.1) is 0 Å². The van der Waals surface area contributed by atoms with E-state index in [0.29, 0.717) is 6.54 Å². The van der Waals surface area contributed by atoms with E-state index in [2.05, 4.69) is 15.4 Å². The second-order valence-electron chi connectivity index (χ2n) is 5.31. The molecule has 0 spiro atoms. The number of nitrogens with one attached hydrogen (secondary N) is 1. The molecule has 0 aromatic carbocycles. The van der Waals surface area contributed by atoms with Crippen LogP contribution in [-0.4, -0.2) is 20.7 Å². The third-order valence-corrected chi connectivity index (χ3v) is 4.99. The second kappa shape index (κ2) is 6.39. The Hall–Kier alpha value is -1.69. The molecule has 0 fully saturated rings. The Morgan fingerprint density at radius 3 is 3.05 bits per heavy atom. The molecule has 1 amide bonds. The van der Waals surface area contributed by atoms with E-state index < -0.39 is 0 Å². The van der Waals surface area contributed by atoms with Crippen molar-refractivity contribution >= 4 is 17.2 Å². The van der Waals surface area contributed by atoms with Crippen LogP contribution in [0.3, 0.4) is 0 Å². The van der Waals surface area contributed by atoms with Gasteiger partial charge in [-0.3, -0.25) is 9.48 Å². The van der Waals surface area contributed by atoms with E-state index in [1.165, 1.54) is 23.4 Å². The molecule has 1 aliphatic rings. The van der Waals surface area contributed by atoms with Crippen LogP contribution >= 0.6 is 11.3 Å². The topological polar surface area (TPSA) is 59.8 Å². The van der Waals surface area contributed by atoms with E-state index in [4.69, 9.17) is 0 Å². The van der Waals surface area contributed by atoms with Gasteiger partial charge < -0.3 is 5.32 Å². The van der Waals surface area contributed by atoms with E-state index in [1.807, 2.05) is 19.2 Å². The molecule has 1 atom stereocenters. The molecular weight excluding hydrogens is 284 g/mol. The smallest absolute Gasteiger partial charge is 0.245 e. The van der Waals surface area contributed by atoms with Crippen LogP contribution in [-0.2, 0) is 24.2 Å². The Morgan fingerprint density at radius 1 is 1.48 bits per heavy atom. The summed E-state index contributed by atoms with van der Waals surface area (Å²) in [4.78, 5) is 18.4. The van der Waals surface area contributed by atoms with Crippen molar-refractivity contribution in [1.82, 2.24) is 20.1 Å². The monoisotopic (exact) mass is 304 g/mol. The molecule has 0 saturated carbocycles. The molecule has 6 heteroatoms. The Labute approximate surface area is 128 Å². The van der Waals surface area contributed by atoms with Crippen LogP contribution in [0.25, 0.3) is 0 Å². The van der Waals surface area contributed by atoms with Crippen LogP contribution in [0.1, 0.15) is 47.8 Å². The lowest BCUT2D eigenvalue weighted by molar-refractivity contribution is -0.124. The Kier molecular flexibility index (Phi) is 4.34. The van der Waals surface area contributed by atoms with Gasteiger partial charge in [0.25, 0.3) is 0 Å². The van der Waals surface area contributed by atoms with Crippen molar-refractivity contribution in [2.45, 2.75) is 51.6 Å². The first-order valence-corrected chi connectivity index (χ1v) is 8.34. The van der Waals surface area contributed by atoms with Crippen LogP contribution in [0.15, 0.2) is 18.5 Å². The SMILES string of the molecule is CC[C@@H](C(=O)NCc1nc2c(s1)CCCC2)n1cccn1. The summed E-state index contributed by atoms with van der Waals surface area (Å²) in [6.45, 7) is 2.52. The van der Waals surface area contributed by atoms with Gasteiger partial charge in [-0.25, -0.2) is 4.98 Å². The van der Waals surface area contributed by atoms with E-state index in [-0.39, 0.29) is 11.9 Å². The van der Waals surface area contributed by atoms with E-state index in [0.717, 1.165) is 24.3 Å². The predicted octanol–water partition coefficient (Wildman–Crippen LogP) is 2.49. The number of hydrogen-bond acceptors (Lipinski definition) is 4. The summed E-state index contributed by atoms with van der Waals surface area (Å²) >= 11 is 1.75. The first-order valence-electron chi connectivity index (χ1n) is 7.52. The van der Waals surface area contributed by atoms with Crippen LogP contribution in [0.2, 0.25) is 0 Å². The highest BCUT2D eigenvalue weighted by Gasteiger charge is 2.20. The predicted molar refractivity (Wildman–Crippen MR) is 82.2 cm³/mol. The summed E-state index contributed by atoms with van der Waals surface area (Å²) in [5, 5.41) is 8.17. The van der Waals surface area contributed by atoms with Crippen molar-refractivity contribution in [3.05, 3.63) is 34.0 Å². The highest BCUT2D eigenvalue weighted by Crippen LogP contribution is 2.26. The second-order valence-corrected chi connectivity index (χ2v) is 6.48. The molecule has 0 bridgehead atoms. The number of nitrogens with zero attached hydrogens (tertiary/aromatic N) is 3. The van der Waals surface area contributed by atoms with Gasteiger partial charge in [0.1, 0.15) is 11.0 Å². The van der Waals surface area contributed by atoms with Crippen LogP contribution < -0.4 is 5.32 Å². The van der Waals surface area contributed by atoms with Crippen molar-refractivity contribution in [3.8, 4) is 0 Å². The molecule has 0 radical (unpaired) electrons. The maximum atomic E-state index is 12.3. The number of amides is 1. The Balaban J connectivity index is 1.61. The molecule has 0 aliphatic heterocycles. The lowest BCUT2D eigenvalue weighted by atomic mass is 10.0. The summed E-state index contributed by atoms with van der Waals surface area (Å²) in [5.74, 6) is 0.00868. The van der Waals surface area contributed by atoms with Crippen molar-refractivity contribution in [1.29, 1.82) is 0 Å². The molecule has 0 unspecified atom stereocenters. The minimum absolute atomic E-state index is 0.00868. The highest BCUT2D eigenvalue weighted by molar-refractivity contribution is 7.11. The minimum atomic E-state index is -0.241. The number of carbonyl (C=O) groups is 1. The number of aryl methyl sites for hydroxylation is 2. The number of hydrogen-bond donors (Lipinski definition) is 1. The van der Waals surface area contributed by atoms with E-state index >= 15 is 0 Å². The molecule has 1 N–H and O–H groups in total. The average Bonchev–Trinajstić information content (AvgIpc) is 3.14. The molecule has 2 aromatic heterocycles. The summed E-state index contributed by atoms with van der Waals surface area (Å²) in [5.41, 5.74) is 1.25. The summed E-state index contributed by atoms with van der Waals surface area (Å²) in [6, 6.07) is 1.60. The first kappa shape index (κ1) is 14.3. The molecule has 112 valence electrons. The fourth-order valence-corrected chi connectivity index (χ4v) is 3.82. The summed E-state index contributed by atoms with van der Waals surface area (Å²) in [6.07, 6.45) is 8.98. The summed E-state index contributed by atoms with van der Waals surface area (Å²) < 4.78 is 1.71. The lowest BCUT2D eigenvalue weighted by Crippen LogP contribution is -2.32. The molecule has 21 heavy (non-hydrogen) atoms. The fourth-order valence-electron chi connectivity index (χ4n) is 2.72. The zero-order valence-corrected chi connectivity index (χ0v) is 13.0. The number of carbonyl (C=O) groups excluding carboxylic acids is 1. The number of thiazole rings is 1. The van der Waals surface area contributed by atoms with Crippen molar-refractivity contribution < 1.29 is 4.79 Å². The molecule has 5 nitrogen and oxygen atoms in total. The Bertz CT molecular complexity index is 582. The molecule has 3 rings (SSSR count). The zero-order chi connectivity index (χ0) is 14.7. The number of rotatable bonds is 5. The van der Waals surface area contributed by atoms with Gasteiger partial charge in [-0.2, -0.15) is 5.10 Å². The van der Waals surface area contributed by atoms with Gasteiger partial charge in [-0.1, -0.05) is 6.92 Å². The van der Waals surface area contributed by atoms with E-state index in [9.17, 15) is 4.79 Å². The normalized spacial score (nSPS) is 15.5. The summed E-state index contributed by atoms with van der Waals surface area (Å²) in [7, 11) is 0. The lowest BCUT2D eigenvalue weighted by Gasteiger charge is -2.14.